The van der Waals surface area contributed by atoms with Crippen molar-refractivity contribution in [3.8, 4) is 16.9 Å². The largest absolute Gasteiger partial charge is 0.496 e. The van der Waals surface area contributed by atoms with Gasteiger partial charge in [-0.1, -0.05) is 42.8 Å². The molecule has 0 aliphatic heterocycles. The highest BCUT2D eigenvalue weighted by Crippen LogP contribution is 2.32. The predicted octanol–water partition coefficient (Wildman–Crippen LogP) is 4.42. The van der Waals surface area contributed by atoms with Gasteiger partial charge < -0.3 is 15.6 Å². The fourth-order valence-electron chi connectivity index (χ4n) is 2.67. The monoisotopic (exact) mass is 383 g/mol. The number of ether oxygens (including phenoxy) is 1. The zero-order valence-corrected chi connectivity index (χ0v) is 15.8. The van der Waals surface area contributed by atoms with Crippen LogP contribution in [0.15, 0.2) is 42.5 Å². The Labute approximate surface area is 159 Å². The van der Waals surface area contributed by atoms with Crippen LogP contribution in [0.1, 0.15) is 18.9 Å². The molecule has 2 aromatic carbocycles. The van der Waals surface area contributed by atoms with E-state index in [-0.39, 0.29) is 18.4 Å². The van der Waals surface area contributed by atoms with Gasteiger partial charge in [0.1, 0.15) is 5.75 Å². The zero-order valence-electron chi connectivity index (χ0n) is 14.2. The molecule has 2 unspecified atom stereocenters. The van der Waals surface area contributed by atoms with Gasteiger partial charge >= 0.3 is 5.97 Å². The van der Waals surface area contributed by atoms with E-state index in [1.807, 2.05) is 36.4 Å². The van der Waals surface area contributed by atoms with Crippen LogP contribution in [0.3, 0.4) is 0 Å². The van der Waals surface area contributed by atoms with Crippen molar-refractivity contribution in [2.75, 3.05) is 7.11 Å². The standard InChI is InChI=1S/C19H22ClNO3.ClH/c1-12(19(22)23)9-16(21)10-13-3-5-14(6-4-13)17-11-15(20)7-8-18(17)24-2;/h3-8,11-12,16H,9-10,21H2,1-2H3,(H,22,23);1H. The van der Waals surface area contributed by atoms with E-state index >= 15 is 0 Å². The summed E-state index contributed by atoms with van der Waals surface area (Å²) in [7, 11) is 1.63. The van der Waals surface area contributed by atoms with Gasteiger partial charge in [-0.05, 0) is 42.2 Å². The van der Waals surface area contributed by atoms with Crippen LogP contribution in [0.2, 0.25) is 5.02 Å². The number of carboxylic acid groups (broad SMARTS) is 1. The van der Waals surface area contributed by atoms with E-state index in [0.29, 0.717) is 17.9 Å². The van der Waals surface area contributed by atoms with Crippen molar-refractivity contribution in [3.63, 3.8) is 0 Å². The summed E-state index contributed by atoms with van der Waals surface area (Å²) in [4.78, 5) is 10.9. The maximum absolute atomic E-state index is 10.9. The molecule has 0 amide bonds. The number of halogens is 2. The number of carbonyl (C=O) groups is 1. The Morgan fingerprint density at radius 3 is 2.44 bits per heavy atom. The van der Waals surface area contributed by atoms with Crippen molar-refractivity contribution < 1.29 is 14.6 Å². The molecule has 0 spiro atoms. The summed E-state index contributed by atoms with van der Waals surface area (Å²) in [6, 6.07) is 13.3. The first-order chi connectivity index (χ1) is 11.4. The van der Waals surface area contributed by atoms with Gasteiger partial charge in [-0.3, -0.25) is 4.79 Å². The van der Waals surface area contributed by atoms with E-state index in [2.05, 4.69) is 0 Å². The van der Waals surface area contributed by atoms with Gasteiger partial charge in [0, 0.05) is 16.6 Å². The molecular formula is C19H23Cl2NO3. The van der Waals surface area contributed by atoms with Crippen LogP contribution in [0.5, 0.6) is 5.75 Å². The second-order valence-corrected chi connectivity index (χ2v) is 6.42. The lowest BCUT2D eigenvalue weighted by molar-refractivity contribution is -0.141. The molecule has 0 radical (unpaired) electrons. The topological polar surface area (TPSA) is 72.5 Å². The van der Waals surface area contributed by atoms with E-state index in [9.17, 15) is 4.79 Å². The van der Waals surface area contributed by atoms with E-state index in [0.717, 1.165) is 22.4 Å². The van der Waals surface area contributed by atoms with Crippen molar-refractivity contribution in [1.82, 2.24) is 0 Å². The Balaban J connectivity index is 0.00000312. The van der Waals surface area contributed by atoms with Crippen LogP contribution in [0.25, 0.3) is 11.1 Å². The lowest BCUT2D eigenvalue weighted by Gasteiger charge is -2.15. The molecule has 0 aromatic heterocycles. The summed E-state index contributed by atoms with van der Waals surface area (Å²) < 4.78 is 5.38. The first-order valence-electron chi connectivity index (χ1n) is 7.82. The van der Waals surface area contributed by atoms with Gasteiger partial charge in [0.15, 0.2) is 0 Å². The van der Waals surface area contributed by atoms with Crippen LogP contribution in [-0.2, 0) is 11.2 Å². The molecule has 0 bridgehead atoms. The summed E-state index contributed by atoms with van der Waals surface area (Å²) in [5, 5.41) is 9.61. The zero-order chi connectivity index (χ0) is 17.7. The molecule has 2 aromatic rings. The van der Waals surface area contributed by atoms with Gasteiger partial charge in [0.2, 0.25) is 0 Å². The van der Waals surface area contributed by atoms with E-state index < -0.39 is 11.9 Å². The Morgan fingerprint density at radius 1 is 1.24 bits per heavy atom. The summed E-state index contributed by atoms with van der Waals surface area (Å²) in [5.41, 5.74) is 9.07. The van der Waals surface area contributed by atoms with Crippen LogP contribution in [0.4, 0.5) is 0 Å². The number of carboxylic acids is 1. The first-order valence-corrected chi connectivity index (χ1v) is 8.19. The average molecular weight is 384 g/mol. The molecule has 3 N–H and O–H groups in total. The molecule has 2 rings (SSSR count). The number of benzene rings is 2. The third kappa shape index (κ3) is 5.92. The molecule has 136 valence electrons. The lowest BCUT2D eigenvalue weighted by Crippen LogP contribution is -2.28. The summed E-state index contributed by atoms with van der Waals surface area (Å²) in [6.07, 6.45) is 1.10. The minimum Gasteiger partial charge on any atom is -0.496 e. The Hall–Kier alpha value is -1.75. The molecule has 4 nitrogen and oxygen atoms in total. The predicted molar refractivity (Wildman–Crippen MR) is 104 cm³/mol. The Morgan fingerprint density at radius 2 is 1.88 bits per heavy atom. The molecular weight excluding hydrogens is 361 g/mol. The van der Waals surface area contributed by atoms with Gasteiger partial charge in [-0.25, -0.2) is 0 Å². The smallest absolute Gasteiger partial charge is 0.306 e. The third-order valence-corrected chi connectivity index (χ3v) is 4.24. The van der Waals surface area contributed by atoms with Gasteiger partial charge in [-0.15, -0.1) is 12.4 Å². The van der Waals surface area contributed by atoms with Crippen LogP contribution >= 0.6 is 24.0 Å². The quantitative estimate of drug-likeness (QED) is 0.741. The SMILES string of the molecule is COc1ccc(Cl)cc1-c1ccc(CC(N)CC(C)C(=O)O)cc1.Cl. The minimum absolute atomic E-state index is 0. The first kappa shape index (κ1) is 21.3. The van der Waals surface area contributed by atoms with Crippen molar-refractivity contribution in [3.05, 3.63) is 53.1 Å². The number of hydrogen-bond donors (Lipinski definition) is 2. The maximum Gasteiger partial charge on any atom is 0.306 e. The summed E-state index contributed by atoms with van der Waals surface area (Å²) >= 11 is 6.08. The van der Waals surface area contributed by atoms with Gasteiger partial charge in [0.25, 0.3) is 0 Å². The molecule has 0 fully saturated rings. The highest BCUT2D eigenvalue weighted by molar-refractivity contribution is 6.31. The highest BCUT2D eigenvalue weighted by atomic mass is 35.5. The highest BCUT2D eigenvalue weighted by Gasteiger charge is 2.16. The van der Waals surface area contributed by atoms with Crippen molar-refractivity contribution in [2.45, 2.75) is 25.8 Å². The molecule has 0 aliphatic carbocycles. The van der Waals surface area contributed by atoms with Crippen LogP contribution < -0.4 is 10.5 Å². The molecule has 0 saturated heterocycles. The van der Waals surface area contributed by atoms with E-state index in [4.69, 9.17) is 27.2 Å². The molecule has 0 aliphatic rings. The van der Waals surface area contributed by atoms with Crippen LogP contribution in [0, 0.1) is 5.92 Å². The number of rotatable bonds is 7. The Kier molecular flexibility index (Phi) is 8.23. The Bertz CT molecular complexity index is 704. The van der Waals surface area contributed by atoms with Crippen molar-refractivity contribution >= 4 is 30.0 Å². The van der Waals surface area contributed by atoms with E-state index in [1.54, 1.807) is 20.1 Å². The average Bonchev–Trinajstić information content (AvgIpc) is 2.55. The molecule has 0 heterocycles. The van der Waals surface area contributed by atoms with Crippen LogP contribution in [-0.4, -0.2) is 24.2 Å². The second-order valence-electron chi connectivity index (χ2n) is 5.98. The number of hydrogen-bond acceptors (Lipinski definition) is 3. The molecule has 25 heavy (non-hydrogen) atoms. The molecule has 6 heteroatoms. The number of nitrogens with two attached hydrogens (primary N) is 1. The lowest BCUT2D eigenvalue weighted by atomic mass is 9.95. The molecule has 2 atom stereocenters. The number of aliphatic carboxylic acids is 1. The third-order valence-electron chi connectivity index (χ3n) is 4.00. The van der Waals surface area contributed by atoms with Gasteiger partial charge in [-0.2, -0.15) is 0 Å². The minimum atomic E-state index is -0.811. The van der Waals surface area contributed by atoms with Crippen molar-refractivity contribution in [1.29, 1.82) is 0 Å². The summed E-state index contributed by atoms with van der Waals surface area (Å²) in [5.74, 6) is -0.483. The van der Waals surface area contributed by atoms with E-state index in [1.165, 1.54) is 0 Å². The normalized spacial score (nSPS) is 12.8. The fraction of sp³-hybridized carbons (Fsp3) is 0.316. The maximum atomic E-state index is 10.9. The second kappa shape index (κ2) is 9.66. The fourth-order valence-corrected chi connectivity index (χ4v) is 2.84. The molecule has 0 saturated carbocycles. The summed E-state index contributed by atoms with van der Waals surface area (Å²) in [6.45, 7) is 1.68. The van der Waals surface area contributed by atoms with Gasteiger partial charge in [0.05, 0.1) is 13.0 Å². The number of methoxy groups -OCH3 is 1. The van der Waals surface area contributed by atoms with Crippen molar-refractivity contribution in [2.24, 2.45) is 11.7 Å².